The second kappa shape index (κ2) is 6.61. The molecule has 7 nitrogen and oxygen atoms in total. The van der Waals surface area contributed by atoms with E-state index in [0.717, 1.165) is 0 Å². The van der Waals surface area contributed by atoms with Gasteiger partial charge in [0.25, 0.3) is 11.8 Å². The fourth-order valence-electron chi connectivity index (χ4n) is 2.57. The number of rotatable bonds is 3. The standard InChI is InChI=1S/C16H16FN5O2/c17-12-3-1-2-11(8-12)16(24)22-6-4-21(5-7-22)14-10-19-9-13(20-14)15(18)23/h1-3,8-10H,4-7H2,(H2,18,23). The van der Waals surface area contributed by atoms with Gasteiger partial charge < -0.3 is 15.5 Å². The summed E-state index contributed by atoms with van der Waals surface area (Å²) in [6.45, 7) is 2.02. The van der Waals surface area contributed by atoms with Crippen LogP contribution in [0.1, 0.15) is 20.8 Å². The van der Waals surface area contributed by atoms with Crippen LogP contribution in [0, 0.1) is 5.82 Å². The van der Waals surface area contributed by atoms with Gasteiger partial charge in [0.05, 0.1) is 12.4 Å². The minimum Gasteiger partial charge on any atom is -0.364 e. The van der Waals surface area contributed by atoms with E-state index in [1.54, 1.807) is 17.2 Å². The molecule has 0 bridgehead atoms. The first kappa shape index (κ1) is 15.9. The molecule has 2 heterocycles. The molecule has 0 unspecified atom stereocenters. The van der Waals surface area contributed by atoms with Crippen LogP contribution >= 0.6 is 0 Å². The minimum absolute atomic E-state index is 0.103. The highest BCUT2D eigenvalue weighted by molar-refractivity contribution is 5.94. The Morgan fingerprint density at radius 3 is 2.54 bits per heavy atom. The summed E-state index contributed by atoms with van der Waals surface area (Å²) in [4.78, 5) is 35.3. The van der Waals surface area contributed by atoms with E-state index in [2.05, 4.69) is 9.97 Å². The minimum atomic E-state index is -0.635. The third-order valence-corrected chi connectivity index (χ3v) is 3.84. The second-order valence-corrected chi connectivity index (χ2v) is 5.42. The number of aromatic nitrogens is 2. The van der Waals surface area contributed by atoms with Crippen LogP contribution < -0.4 is 10.6 Å². The molecule has 24 heavy (non-hydrogen) atoms. The first-order chi connectivity index (χ1) is 11.5. The maximum absolute atomic E-state index is 13.2. The van der Waals surface area contributed by atoms with Crippen molar-refractivity contribution in [2.45, 2.75) is 0 Å². The van der Waals surface area contributed by atoms with Crippen molar-refractivity contribution < 1.29 is 14.0 Å². The Bertz CT molecular complexity index is 775. The predicted molar refractivity (Wildman–Crippen MR) is 85.1 cm³/mol. The van der Waals surface area contributed by atoms with Gasteiger partial charge in [-0.3, -0.25) is 14.6 Å². The summed E-state index contributed by atoms with van der Waals surface area (Å²) in [5.41, 5.74) is 5.64. The molecule has 1 fully saturated rings. The molecule has 3 rings (SSSR count). The summed E-state index contributed by atoms with van der Waals surface area (Å²) in [5.74, 6) is -0.724. The van der Waals surface area contributed by atoms with Crippen molar-refractivity contribution in [3.63, 3.8) is 0 Å². The van der Waals surface area contributed by atoms with Gasteiger partial charge in [0.2, 0.25) is 0 Å². The number of benzene rings is 1. The lowest BCUT2D eigenvalue weighted by molar-refractivity contribution is 0.0746. The van der Waals surface area contributed by atoms with Crippen LogP contribution in [0.15, 0.2) is 36.7 Å². The molecule has 0 aliphatic carbocycles. The van der Waals surface area contributed by atoms with Crippen LogP contribution in [0.2, 0.25) is 0 Å². The normalized spacial score (nSPS) is 14.5. The third-order valence-electron chi connectivity index (χ3n) is 3.84. The van der Waals surface area contributed by atoms with Crippen LogP contribution in [0.3, 0.4) is 0 Å². The molecule has 1 saturated heterocycles. The molecule has 1 aromatic heterocycles. The van der Waals surface area contributed by atoms with Gasteiger partial charge in [-0.05, 0) is 18.2 Å². The summed E-state index contributed by atoms with van der Waals surface area (Å²) < 4.78 is 13.2. The van der Waals surface area contributed by atoms with Crippen molar-refractivity contribution in [2.24, 2.45) is 5.73 Å². The number of primary amides is 1. The maximum Gasteiger partial charge on any atom is 0.268 e. The Morgan fingerprint density at radius 2 is 1.88 bits per heavy atom. The van der Waals surface area contributed by atoms with Gasteiger partial charge in [0.15, 0.2) is 0 Å². The molecular weight excluding hydrogens is 313 g/mol. The van der Waals surface area contributed by atoms with Gasteiger partial charge in [-0.2, -0.15) is 0 Å². The molecule has 1 aliphatic rings. The summed E-state index contributed by atoms with van der Waals surface area (Å²) in [6, 6.07) is 5.65. The van der Waals surface area contributed by atoms with Crippen LogP contribution in [-0.4, -0.2) is 52.9 Å². The monoisotopic (exact) mass is 329 g/mol. The first-order valence-electron chi connectivity index (χ1n) is 7.46. The average molecular weight is 329 g/mol. The topological polar surface area (TPSA) is 92.4 Å². The van der Waals surface area contributed by atoms with E-state index in [4.69, 9.17) is 5.73 Å². The van der Waals surface area contributed by atoms with Crippen molar-refractivity contribution >= 4 is 17.6 Å². The van der Waals surface area contributed by atoms with Gasteiger partial charge in [-0.25, -0.2) is 9.37 Å². The van der Waals surface area contributed by atoms with Crippen molar-refractivity contribution in [3.8, 4) is 0 Å². The van der Waals surface area contributed by atoms with Gasteiger partial charge in [0, 0.05) is 31.7 Å². The lowest BCUT2D eigenvalue weighted by atomic mass is 10.1. The molecule has 0 spiro atoms. The number of carbonyl (C=O) groups is 2. The molecule has 0 saturated carbocycles. The van der Waals surface area contributed by atoms with Crippen molar-refractivity contribution in [1.82, 2.24) is 14.9 Å². The Kier molecular flexibility index (Phi) is 4.37. The molecule has 1 aliphatic heterocycles. The average Bonchev–Trinajstić information content (AvgIpc) is 2.61. The third kappa shape index (κ3) is 3.32. The summed E-state index contributed by atoms with van der Waals surface area (Å²) in [7, 11) is 0. The SMILES string of the molecule is NC(=O)c1cncc(N2CCN(C(=O)c3cccc(F)c3)CC2)n1. The second-order valence-electron chi connectivity index (χ2n) is 5.42. The number of halogens is 1. The maximum atomic E-state index is 13.2. The van der Waals surface area contributed by atoms with E-state index in [0.29, 0.717) is 37.6 Å². The number of nitrogens with zero attached hydrogens (tertiary/aromatic N) is 4. The number of carbonyl (C=O) groups excluding carboxylic acids is 2. The van der Waals surface area contributed by atoms with Crippen LogP contribution in [0.5, 0.6) is 0 Å². The highest BCUT2D eigenvalue weighted by Gasteiger charge is 2.23. The molecule has 1 aromatic carbocycles. The lowest BCUT2D eigenvalue weighted by Gasteiger charge is -2.35. The van der Waals surface area contributed by atoms with Crippen LogP contribution in [0.4, 0.5) is 10.2 Å². The Balaban J connectivity index is 1.66. The highest BCUT2D eigenvalue weighted by atomic mass is 19.1. The smallest absolute Gasteiger partial charge is 0.268 e. The molecule has 0 atom stereocenters. The van der Waals surface area contributed by atoms with E-state index in [1.165, 1.54) is 24.4 Å². The summed E-state index contributed by atoms with van der Waals surface area (Å²) >= 11 is 0. The van der Waals surface area contributed by atoms with Gasteiger partial charge in [0.1, 0.15) is 17.3 Å². The number of hydrogen-bond acceptors (Lipinski definition) is 5. The first-order valence-corrected chi connectivity index (χ1v) is 7.46. The van der Waals surface area contributed by atoms with Gasteiger partial charge >= 0.3 is 0 Å². The Hall–Kier alpha value is -3.03. The lowest BCUT2D eigenvalue weighted by Crippen LogP contribution is -2.49. The fourth-order valence-corrected chi connectivity index (χ4v) is 2.57. The van der Waals surface area contributed by atoms with Gasteiger partial charge in [-0.1, -0.05) is 6.07 Å². The van der Waals surface area contributed by atoms with Crippen LogP contribution in [0.25, 0.3) is 0 Å². The number of piperazine rings is 1. The van der Waals surface area contributed by atoms with Crippen LogP contribution in [-0.2, 0) is 0 Å². The zero-order valence-electron chi connectivity index (χ0n) is 12.9. The predicted octanol–water partition coefficient (Wildman–Crippen LogP) is 0.677. The van der Waals surface area contributed by atoms with E-state index in [9.17, 15) is 14.0 Å². The van der Waals surface area contributed by atoms with Gasteiger partial charge in [-0.15, -0.1) is 0 Å². The molecule has 2 N–H and O–H groups in total. The quantitative estimate of drug-likeness (QED) is 0.894. The molecule has 2 amide bonds. The highest BCUT2D eigenvalue weighted by Crippen LogP contribution is 2.15. The van der Waals surface area contributed by atoms with Crippen molar-refractivity contribution in [2.75, 3.05) is 31.1 Å². The molecule has 124 valence electrons. The Morgan fingerprint density at radius 1 is 1.12 bits per heavy atom. The van der Waals surface area contributed by atoms with Crippen molar-refractivity contribution in [1.29, 1.82) is 0 Å². The number of nitrogens with two attached hydrogens (primary N) is 1. The molecular formula is C16H16FN5O2. The Labute approximate surface area is 137 Å². The summed E-state index contributed by atoms with van der Waals surface area (Å²) in [6.07, 6.45) is 2.87. The van der Waals surface area contributed by atoms with Crippen molar-refractivity contribution in [3.05, 3.63) is 53.7 Å². The molecule has 0 radical (unpaired) electrons. The molecule has 2 aromatic rings. The van der Waals surface area contributed by atoms with E-state index >= 15 is 0 Å². The fraction of sp³-hybridized carbons (Fsp3) is 0.250. The van der Waals surface area contributed by atoms with E-state index in [-0.39, 0.29) is 11.6 Å². The summed E-state index contributed by atoms with van der Waals surface area (Å²) in [5, 5.41) is 0. The zero-order valence-corrected chi connectivity index (χ0v) is 12.9. The van der Waals surface area contributed by atoms with E-state index in [1.807, 2.05) is 4.90 Å². The largest absolute Gasteiger partial charge is 0.364 e. The van der Waals surface area contributed by atoms with E-state index < -0.39 is 11.7 Å². The molecule has 8 heteroatoms. The zero-order chi connectivity index (χ0) is 17.1. The number of hydrogen-bond donors (Lipinski definition) is 1. The number of anilines is 1. The number of amides is 2.